The summed E-state index contributed by atoms with van der Waals surface area (Å²) < 4.78 is 4.59. The van der Waals surface area contributed by atoms with E-state index in [-0.39, 0.29) is 11.7 Å². The molecule has 1 aromatic carbocycles. The van der Waals surface area contributed by atoms with Crippen LogP contribution in [0.25, 0.3) is 0 Å². The molecule has 2 N–H and O–H groups in total. The number of benzene rings is 1. The number of thioether (sulfide) groups is 1. The minimum Gasteiger partial charge on any atom is -0.466 e. The number of ether oxygens (including phenoxy) is 1. The first kappa shape index (κ1) is 31.4. The summed E-state index contributed by atoms with van der Waals surface area (Å²) in [7, 11) is 1.33. The van der Waals surface area contributed by atoms with Crippen LogP contribution >= 0.6 is 23.4 Å². The van der Waals surface area contributed by atoms with Crippen molar-refractivity contribution < 1.29 is 24.5 Å². The Balaban J connectivity index is 2.06. The Bertz CT molecular complexity index is 940. The molecule has 1 aromatic rings. The fraction of sp³-hybridized carbons (Fsp3) is 0.533. The van der Waals surface area contributed by atoms with Crippen molar-refractivity contribution >= 4 is 35.1 Å². The third kappa shape index (κ3) is 11.2. The lowest BCUT2D eigenvalue weighted by molar-refractivity contribution is -0.134. The van der Waals surface area contributed by atoms with Gasteiger partial charge >= 0.3 is 5.97 Å². The Hall–Kier alpha value is -1.86. The molecule has 0 heterocycles. The first-order valence-electron chi connectivity index (χ1n) is 13.2. The van der Waals surface area contributed by atoms with Crippen LogP contribution in [-0.4, -0.2) is 41.3 Å². The Kier molecular flexibility index (Phi) is 14.3. The third-order valence-electron chi connectivity index (χ3n) is 6.60. The van der Waals surface area contributed by atoms with Gasteiger partial charge in [-0.1, -0.05) is 81.1 Å². The molecule has 0 aliphatic heterocycles. The number of carbonyl (C=O) groups is 2. The number of ketones is 1. The zero-order valence-electron chi connectivity index (χ0n) is 22.1. The van der Waals surface area contributed by atoms with Crippen LogP contribution in [-0.2, 0) is 20.1 Å². The van der Waals surface area contributed by atoms with E-state index in [0.717, 1.165) is 24.8 Å². The maximum absolute atomic E-state index is 13.3. The van der Waals surface area contributed by atoms with Crippen molar-refractivity contribution in [3.05, 3.63) is 70.1 Å². The number of rotatable bonds is 16. The lowest BCUT2D eigenvalue weighted by Crippen LogP contribution is -2.30. The second-order valence-corrected chi connectivity index (χ2v) is 11.2. The predicted octanol–water partition coefficient (Wildman–Crippen LogP) is 6.67. The topological polar surface area (TPSA) is 83.8 Å². The van der Waals surface area contributed by atoms with Gasteiger partial charge < -0.3 is 14.9 Å². The summed E-state index contributed by atoms with van der Waals surface area (Å²) in [5.74, 6) is -0.281. The molecule has 0 fully saturated rings. The van der Waals surface area contributed by atoms with E-state index >= 15 is 0 Å². The molecule has 37 heavy (non-hydrogen) atoms. The molecule has 7 heteroatoms. The van der Waals surface area contributed by atoms with Crippen LogP contribution in [0.4, 0.5) is 0 Å². The molecule has 204 valence electrons. The Morgan fingerprint density at radius 2 is 1.92 bits per heavy atom. The molecule has 1 aliphatic carbocycles. The number of halogens is 1. The summed E-state index contributed by atoms with van der Waals surface area (Å²) >= 11 is 7.45. The fourth-order valence-electron chi connectivity index (χ4n) is 4.46. The number of allylic oxidation sites excluding steroid dienone is 4. The number of unbranched alkanes of at least 4 members (excludes halogenated alkanes) is 2. The lowest BCUT2D eigenvalue weighted by atomic mass is 9.86. The normalized spacial score (nSPS) is 20.4. The van der Waals surface area contributed by atoms with E-state index in [1.165, 1.54) is 24.9 Å². The van der Waals surface area contributed by atoms with Gasteiger partial charge in [0.05, 0.1) is 25.2 Å². The average molecular weight is 549 g/mol. The van der Waals surface area contributed by atoms with Crippen molar-refractivity contribution in [2.75, 3.05) is 7.11 Å². The smallest absolute Gasteiger partial charge is 0.330 e. The number of methoxy groups -OCH3 is 1. The first-order valence-corrected chi connectivity index (χ1v) is 14.5. The Labute approximate surface area is 231 Å². The van der Waals surface area contributed by atoms with Crippen molar-refractivity contribution in [1.82, 2.24) is 0 Å². The maximum atomic E-state index is 13.3. The average Bonchev–Trinajstić information content (AvgIpc) is 3.20. The molecular formula is C30H41ClO5S. The summed E-state index contributed by atoms with van der Waals surface area (Å²) in [5, 5.41) is 22.2. The van der Waals surface area contributed by atoms with Gasteiger partial charge in [0.1, 0.15) is 0 Å². The van der Waals surface area contributed by atoms with Crippen LogP contribution in [0.2, 0.25) is 5.02 Å². The van der Waals surface area contributed by atoms with Gasteiger partial charge in [0, 0.05) is 27.7 Å². The van der Waals surface area contributed by atoms with Crippen molar-refractivity contribution in [1.29, 1.82) is 0 Å². The quantitative estimate of drug-likeness (QED) is 0.104. The van der Waals surface area contributed by atoms with E-state index in [2.05, 4.69) is 18.6 Å². The fourth-order valence-corrected chi connectivity index (χ4v) is 5.63. The highest BCUT2D eigenvalue weighted by molar-refractivity contribution is 8.03. The van der Waals surface area contributed by atoms with Gasteiger partial charge in [0.2, 0.25) is 0 Å². The molecule has 5 nitrogen and oxygen atoms in total. The minimum absolute atomic E-state index is 0.0583. The van der Waals surface area contributed by atoms with Crippen molar-refractivity contribution in [2.24, 2.45) is 17.8 Å². The monoisotopic (exact) mass is 548 g/mol. The van der Waals surface area contributed by atoms with Gasteiger partial charge in [-0.15, -0.1) is 11.8 Å². The number of aliphatic hydroxyl groups is 2. The van der Waals surface area contributed by atoms with Crippen LogP contribution in [0.1, 0.15) is 64.4 Å². The zero-order valence-corrected chi connectivity index (χ0v) is 23.7. The highest BCUT2D eigenvalue weighted by Gasteiger charge is 2.39. The van der Waals surface area contributed by atoms with Gasteiger partial charge in [0.25, 0.3) is 0 Å². The molecule has 0 saturated carbocycles. The van der Waals surface area contributed by atoms with Crippen LogP contribution in [0.5, 0.6) is 0 Å². The Morgan fingerprint density at radius 3 is 2.59 bits per heavy atom. The second kappa shape index (κ2) is 16.9. The van der Waals surface area contributed by atoms with E-state index in [1.54, 1.807) is 12.2 Å². The van der Waals surface area contributed by atoms with Crippen LogP contribution < -0.4 is 0 Å². The number of hydrogen-bond donors (Lipinski definition) is 2. The standard InChI is InChI=1S/C30H41ClO5S/c1-4-5-9-21(2)18-25(32)17-14-23-19-27(37-20-22-12-15-24(31)16-13-22)30(35)29(23)26(33)10-7-6-8-11-28(34)36-3/h8,11-17,19,21,23,25-26,29,32-33H,4-7,9-10,18,20H2,1-3H3/b11-8+,17-14+. The largest absolute Gasteiger partial charge is 0.466 e. The summed E-state index contributed by atoms with van der Waals surface area (Å²) in [5.41, 5.74) is 1.06. The maximum Gasteiger partial charge on any atom is 0.330 e. The number of Topliss-reactive ketones (excluding diaryl/α,β-unsaturated/α-hetero) is 1. The van der Waals surface area contributed by atoms with Gasteiger partial charge in [-0.2, -0.15) is 0 Å². The molecule has 0 bridgehead atoms. The van der Waals surface area contributed by atoms with Crippen molar-refractivity contribution in [3.8, 4) is 0 Å². The minimum atomic E-state index is -0.820. The number of hydrogen-bond acceptors (Lipinski definition) is 6. The summed E-state index contributed by atoms with van der Waals surface area (Å²) in [6, 6.07) is 7.55. The molecule has 0 radical (unpaired) electrons. The van der Waals surface area contributed by atoms with Gasteiger partial charge in [0.15, 0.2) is 5.78 Å². The molecule has 2 rings (SSSR count). The molecule has 0 spiro atoms. The van der Waals surface area contributed by atoms with E-state index in [4.69, 9.17) is 11.6 Å². The van der Waals surface area contributed by atoms with E-state index in [0.29, 0.717) is 47.3 Å². The van der Waals surface area contributed by atoms with Crippen LogP contribution in [0, 0.1) is 17.8 Å². The molecule has 5 unspecified atom stereocenters. The first-order chi connectivity index (χ1) is 17.7. The zero-order chi connectivity index (χ0) is 27.2. The van der Waals surface area contributed by atoms with E-state index in [9.17, 15) is 19.8 Å². The highest BCUT2D eigenvalue weighted by Crippen LogP contribution is 2.39. The van der Waals surface area contributed by atoms with E-state index < -0.39 is 24.1 Å². The van der Waals surface area contributed by atoms with Gasteiger partial charge in [-0.05, 0) is 49.3 Å². The molecule has 0 saturated heterocycles. The highest BCUT2D eigenvalue weighted by atomic mass is 35.5. The summed E-state index contributed by atoms with van der Waals surface area (Å²) in [6.45, 7) is 4.31. The number of aliphatic hydroxyl groups excluding tert-OH is 2. The van der Waals surface area contributed by atoms with Crippen molar-refractivity contribution in [3.63, 3.8) is 0 Å². The van der Waals surface area contributed by atoms with Crippen LogP contribution in [0.15, 0.2) is 59.6 Å². The summed E-state index contributed by atoms with van der Waals surface area (Å²) in [4.78, 5) is 25.2. The predicted molar refractivity (Wildman–Crippen MR) is 152 cm³/mol. The van der Waals surface area contributed by atoms with Gasteiger partial charge in [-0.3, -0.25) is 4.79 Å². The van der Waals surface area contributed by atoms with E-state index in [1.807, 2.05) is 36.4 Å². The molecule has 0 amide bonds. The third-order valence-corrected chi connectivity index (χ3v) is 7.98. The number of esters is 1. The lowest BCUT2D eigenvalue weighted by Gasteiger charge is -2.22. The SMILES string of the molecule is CCCCC(C)CC(O)/C=C/C1C=C(SCc2ccc(Cl)cc2)C(=O)C1C(O)CCC/C=C/C(=O)OC. The molecule has 1 aliphatic rings. The molecule has 5 atom stereocenters. The second-order valence-electron chi connectivity index (χ2n) is 9.77. The van der Waals surface area contributed by atoms with Crippen LogP contribution in [0.3, 0.4) is 0 Å². The Morgan fingerprint density at radius 1 is 1.19 bits per heavy atom. The molecule has 0 aromatic heterocycles. The number of carbonyl (C=O) groups excluding carboxylic acids is 2. The van der Waals surface area contributed by atoms with Crippen molar-refractivity contribution in [2.45, 2.75) is 76.8 Å². The van der Waals surface area contributed by atoms with Gasteiger partial charge in [-0.25, -0.2) is 4.79 Å². The summed E-state index contributed by atoms with van der Waals surface area (Å²) in [6.07, 6.45) is 13.0. The molecular weight excluding hydrogens is 508 g/mol.